The van der Waals surface area contributed by atoms with E-state index < -0.39 is 0 Å². The van der Waals surface area contributed by atoms with Crippen LogP contribution in [0.4, 0.5) is 0 Å². The van der Waals surface area contributed by atoms with Crippen LogP contribution in [0.5, 0.6) is 0 Å². The third kappa shape index (κ3) is 3.72. The van der Waals surface area contributed by atoms with E-state index in [0.29, 0.717) is 22.2 Å². The normalized spacial score (nSPS) is 43.4. The van der Waals surface area contributed by atoms with Crippen LogP contribution < -0.4 is 0 Å². The van der Waals surface area contributed by atoms with Gasteiger partial charge in [0.25, 0.3) is 0 Å². The Morgan fingerprint density at radius 3 is 2.33 bits per heavy atom. The maximum absolute atomic E-state index is 10.8. The van der Waals surface area contributed by atoms with Crippen molar-refractivity contribution in [2.24, 2.45) is 39.4 Å². The summed E-state index contributed by atoms with van der Waals surface area (Å²) in [5, 5.41) is 10.8. The first-order valence-corrected chi connectivity index (χ1v) is 14.2. The van der Waals surface area contributed by atoms with Gasteiger partial charge in [-0.3, -0.25) is 0 Å². The number of nitrogens with zero attached hydrogens (tertiary/aromatic N) is 1. The van der Waals surface area contributed by atoms with Crippen LogP contribution in [0.15, 0.2) is 22.8 Å². The van der Waals surface area contributed by atoms with Crippen molar-refractivity contribution in [3.63, 3.8) is 0 Å². The largest absolute Gasteiger partial charge is 0.393 e. The molecule has 2 heteroatoms. The molecule has 1 aliphatic heterocycles. The van der Waals surface area contributed by atoms with E-state index in [-0.39, 0.29) is 11.5 Å². The summed E-state index contributed by atoms with van der Waals surface area (Å²) in [4.78, 5) is 2.77. The molecule has 0 aromatic carbocycles. The molecule has 2 fully saturated rings. The average Bonchev–Trinajstić information content (AvgIpc) is 3.10. The summed E-state index contributed by atoms with van der Waals surface area (Å²) in [6.45, 7) is 21.2. The molecule has 0 aromatic rings. The van der Waals surface area contributed by atoms with Crippen molar-refractivity contribution in [2.75, 3.05) is 19.6 Å². The molecule has 33 heavy (non-hydrogen) atoms. The molecule has 4 aliphatic carbocycles. The summed E-state index contributed by atoms with van der Waals surface area (Å²) < 4.78 is 0. The quantitative estimate of drug-likeness (QED) is 0.482. The third-order valence-electron chi connectivity index (χ3n) is 11.9. The van der Waals surface area contributed by atoms with Gasteiger partial charge in [-0.1, -0.05) is 60.1 Å². The monoisotopic (exact) mass is 453 g/mol. The number of allylic oxidation sites excluding steroid dienone is 4. The molecule has 5 aliphatic rings. The average molecular weight is 454 g/mol. The first kappa shape index (κ1) is 24.1. The second kappa shape index (κ2) is 7.95. The second-order valence-electron chi connectivity index (χ2n) is 14.7. The van der Waals surface area contributed by atoms with Crippen LogP contribution in [0.3, 0.4) is 0 Å². The van der Waals surface area contributed by atoms with Gasteiger partial charge < -0.3 is 10.0 Å². The second-order valence-corrected chi connectivity index (χ2v) is 14.7. The predicted octanol–water partition coefficient (Wildman–Crippen LogP) is 7.38. The molecule has 1 N–H and O–H groups in total. The van der Waals surface area contributed by atoms with Gasteiger partial charge in [0.1, 0.15) is 0 Å². The van der Waals surface area contributed by atoms with Crippen LogP contribution in [0.2, 0.25) is 0 Å². The lowest BCUT2D eigenvalue weighted by molar-refractivity contribution is -0.0905. The number of hydrogen-bond donors (Lipinski definition) is 1. The van der Waals surface area contributed by atoms with Crippen molar-refractivity contribution in [3.8, 4) is 0 Å². The van der Waals surface area contributed by atoms with E-state index in [4.69, 9.17) is 0 Å². The summed E-state index contributed by atoms with van der Waals surface area (Å²) >= 11 is 0. The highest BCUT2D eigenvalue weighted by Crippen LogP contribution is 2.66. The lowest BCUT2D eigenvalue weighted by atomic mass is 9.46. The number of hydrogen-bond acceptors (Lipinski definition) is 2. The highest BCUT2D eigenvalue weighted by atomic mass is 16.3. The minimum absolute atomic E-state index is 0.0381. The highest BCUT2D eigenvalue weighted by Gasteiger charge is 2.57. The third-order valence-corrected chi connectivity index (χ3v) is 11.9. The maximum atomic E-state index is 10.8. The van der Waals surface area contributed by atoms with Crippen LogP contribution in [-0.2, 0) is 0 Å². The van der Waals surface area contributed by atoms with Crippen molar-refractivity contribution in [3.05, 3.63) is 22.8 Å². The molecule has 1 saturated carbocycles. The van der Waals surface area contributed by atoms with E-state index in [1.165, 1.54) is 71.0 Å². The summed E-state index contributed by atoms with van der Waals surface area (Å²) in [7, 11) is 0. The Morgan fingerprint density at radius 1 is 0.939 bits per heavy atom. The summed E-state index contributed by atoms with van der Waals surface area (Å²) in [5.41, 5.74) is 6.57. The number of fused-ring (bicyclic) bond motifs is 4. The van der Waals surface area contributed by atoms with Crippen molar-refractivity contribution >= 4 is 0 Å². The van der Waals surface area contributed by atoms with Gasteiger partial charge in [0.05, 0.1) is 6.10 Å². The van der Waals surface area contributed by atoms with Crippen LogP contribution >= 0.6 is 0 Å². The molecule has 0 radical (unpaired) electrons. The molecular formula is C31H51NO. The van der Waals surface area contributed by atoms with Gasteiger partial charge in [0, 0.05) is 6.54 Å². The van der Waals surface area contributed by atoms with Gasteiger partial charge in [-0.2, -0.15) is 0 Å². The van der Waals surface area contributed by atoms with Crippen LogP contribution in [-0.4, -0.2) is 35.7 Å². The van der Waals surface area contributed by atoms with E-state index in [2.05, 4.69) is 59.4 Å². The van der Waals surface area contributed by atoms with Gasteiger partial charge in [0.2, 0.25) is 0 Å². The summed E-state index contributed by atoms with van der Waals surface area (Å²) in [6, 6.07) is 0. The Morgan fingerprint density at radius 2 is 1.64 bits per heavy atom. The van der Waals surface area contributed by atoms with Gasteiger partial charge >= 0.3 is 0 Å². The van der Waals surface area contributed by atoms with Gasteiger partial charge in [-0.15, -0.1) is 0 Å². The first-order valence-electron chi connectivity index (χ1n) is 14.2. The van der Waals surface area contributed by atoms with Crippen molar-refractivity contribution in [1.82, 2.24) is 4.90 Å². The van der Waals surface area contributed by atoms with E-state index in [9.17, 15) is 5.11 Å². The van der Waals surface area contributed by atoms with Gasteiger partial charge in [-0.25, -0.2) is 0 Å². The molecule has 6 atom stereocenters. The van der Waals surface area contributed by atoms with Gasteiger partial charge in [0.15, 0.2) is 0 Å². The van der Waals surface area contributed by atoms with Gasteiger partial charge in [-0.05, 0) is 121 Å². The molecule has 0 aromatic heterocycles. The molecule has 2 nitrogen and oxygen atoms in total. The van der Waals surface area contributed by atoms with Crippen molar-refractivity contribution in [1.29, 1.82) is 0 Å². The molecule has 0 unspecified atom stereocenters. The fourth-order valence-electron chi connectivity index (χ4n) is 9.45. The Hall–Kier alpha value is -0.600. The summed E-state index contributed by atoms with van der Waals surface area (Å²) in [6.07, 6.45) is 13.8. The maximum Gasteiger partial charge on any atom is 0.0594 e. The number of rotatable bonds is 3. The molecule has 0 amide bonds. The topological polar surface area (TPSA) is 23.5 Å². The van der Waals surface area contributed by atoms with E-state index in [1.54, 1.807) is 16.7 Å². The minimum Gasteiger partial charge on any atom is -0.393 e. The molecule has 186 valence electrons. The van der Waals surface area contributed by atoms with Crippen molar-refractivity contribution < 1.29 is 5.11 Å². The Labute approximate surface area is 204 Å². The van der Waals surface area contributed by atoms with Crippen molar-refractivity contribution in [2.45, 2.75) is 112 Å². The SMILES string of the molecule is C[C@H](CN1CCC(C)(C)CC1)[C@H]1CC=C2C3=C(CC[C@@]21C)[C@@]1(C)CC[C@H](O)C(C)(C)[C@@H]1CC3. The Balaban J connectivity index is 1.35. The Bertz CT molecular complexity index is 839. The van der Waals surface area contributed by atoms with E-state index in [0.717, 1.165) is 18.3 Å². The van der Waals surface area contributed by atoms with Crippen LogP contribution in [0.1, 0.15) is 106 Å². The lowest BCUT2D eigenvalue weighted by Crippen LogP contribution is -2.53. The fraction of sp³-hybridized carbons (Fsp3) is 0.871. The first-order chi connectivity index (χ1) is 15.4. The van der Waals surface area contributed by atoms with E-state index in [1.807, 2.05) is 0 Å². The molecule has 0 spiro atoms. The minimum atomic E-state index is -0.136. The molecule has 0 bridgehead atoms. The predicted molar refractivity (Wildman–Crippen MR) is 139 cm³/mol. The number of aliphatic hydroxyl groups is 1. The number of aliphatic hydroxyl groups excluding tert-OH is 1. The highest BCUT2D eigenvalue weighted by molar-refractivity contribution is 5.49. The Kier molecular flexibility index (Phi) is 5.81. The summed E-state index contributed by atoms with van der Waals surface area (Å²) in [5.74, 6) is 2.19. The zero-order chi connectivity index (χ0) is 23.8. The number of piperidine rings is 1. The molecule has 1 saturated heterocycles. The van der Waals surface area contributed by atoms with Crippen LogP contribution in [0, 0.1) is 39.4 Å². The zero-order valence-corrected chi connectivity index (χ0v) is 22.8. The standard InChI is InChI=1S/C31H51NO/c1-21(20-32-18-16-28(2,3)17-19-32)23-9-10-24-22-8-11-26-29(4,5)27(33)13-15-31(26,7)25(22)12-14-30(23,24)6/h10,21,23,26-27,33H,8-9,11-20H2,1-7H3/t21-,23-,26+,27+,30-,31-/m1/s1. The van der Waals surface area contributed by atoms with Crippen LogP contribution in [0.25, 0.3) is 0 Å². The number of likely N-dealkylation sites (tertiary alicyclic amines) is 1. The van der Waals surface area contributed by atoms with E-state index >= 15 is 0 Å². The fourth-order valence-corrected chi connectivity index (χ4v) is 9.45. The molecule has 1 heterocycles. The zero-order valence-electron chi connectivity index (χ0n) is 22.8. The lowest BCUT2D eigenvalue weighted by Gasteiger charge is -2.59. The molecular weight excluding hydrogens is 402 g/mol. The smallest absolute Gasteiger partial charge is 0.0594 e. The molecule has 5 rings (SSSR count).